The summed E-state index contributed by atoms with van der Waals surface area (Å²) in [5.74, 6) is -1.57. The minimum absolute atomic E-state index is 0.105. The molecule has 2 aliphatic rings. The number of aliphatic carboxylic acids is 1. The van der Waals surface area contributed by atoms with E-state index in [0.717, 1.165) is 36.1 Å². The zero-order chi connectivity index (χ0) is 17.4. The molecule has 1 N–H and O–H groups in total. The van der Waals surface area contributed by atoms with E-state index in [1.54, 1.807) is 11.8 Å². The Morgan fingerprint density at radius 1 is 1.17 bits per heavy atom. The molecule has 0 aromatic heterocycles. The molecule has 1 saturated carbocycles. The summed E-state index contributed by atoms with van der Waals surface area (Å²) in [5, 5.41) is 9.04. The molecular weight excluding hydrogens is 329 g/mol. The number of benzene rings is 1. The summed E-state index contributed by atoms with van der Waals surface area (Å²) in [4.78, 5) is 26.6. The molecule has 24 heavy (non-hydrogen) atoms. The van der Waals surface area contributed by atoms with Crippen LogP contribution in [0.2, 0.25) is 0 Å². The molecule has 1 heterocycles. The molecule has 1 unspecified atom stereocenters. The molecule has 1 aromatic carbocycles. The number of amides is 1. The molecule has 1 aliphatic carbocycles. The van der Waals surface area contributed by atoms with Crippen LogP contribution in [-0.4, -0.2) is 45.4 Å². The second kappa shape index (κ2) is 6.39. The third kappa shape index (κ3) is 3.16. The van der Waals surface area contributed by atoms with Crippen molar-refractivity contribution in [2.24, 2.45) is 0 Å². The Morgan fingerprint density at radius 3 is 2.33 bits per heavy atom. The van der Waals surface area contributed by atoms with Crippen molar-refractivity contribution < 1.29 is 19.1 Å². The van der Waals surface area contributed by atoms with Gasteiger partial charge >= 0.3 is 5.97 Å². The number of carbonyl (C=O) groups excluding carboxylic acids is 1. The zero-order valence-corrected chi connectivity index (χ0v) is 14.6. The average Bonchev–Trinajstić information content (AvgIpc) is 3.18. The molecule has 0 spiro atoms. The molecule has 1 aromatic rings. The first-order chi connectivity index (χ1) is 11.3. The summed E-state index contributed by atoms with van der Waals surface area (Å²) < 4.78 is 13.7. The van der Waals surface area contributed by atoms with Crippen LogP contribution in [0.25, 0.3) is 0 Å². The van der Waals surface area contributed by atoms with Crippen LogP contribution in [0.1, 0.15) is 37.7 Å². The average molecular weight is 351 g/mol. The van der Waals surface area contributed by atoms with Crippen molar-refractivity contribution in [1.82, 2.24) is 4.90 Å². The largest absolute Gasteiger partial charge is 0.479 e. The zero-order valence-electron chi connectivity index (χ0n) is 13.8. The van der Waals surface area contributed by atoms with Crippen LogP contribution in [0.15, 0.2) is 29.2 Å². The SMILES string of the molecule is Cc1ccc(SC2(C(=O)N3CCC(F)(C(=O)O)C3)CCCC2)cc1. The minimum atomic E-state index is -2.30. The molecule has 4 nitrogen and oxygen atoms in total. The Kier molecular flexibility index (Phi) is 4.60. The van der Waals surface area contributed by atoms with Gasteiger partial charge in [0, 0.05) is 17.9 Å². The van der Waals surface area contributed by atoms with E-state index in [2.05, 4.69) is 0 Å². The van der Waals surface area contributed by atoms with Crippen molar-refractivity contribution in [2.75, 3.05) is 13.1 Å². The van der Waals surface area contributed by atoms with Gasteiger partial charge in [0.05, 0.1) is 11.3 Å². The number of halogens is 1. The lowest BCUT2D eigenvalue weighted by molar-refractivity contribution is -0.150. The number of alkyl halides is 1. The van der Waals surface area contributed by atoms with Crippen molar-refractivity contribution >= 4 is 23.6 Å². The highest BCUT2D eigenvalue weighted by atomic mass is 32.2. The molecule has 2 fully saturated rings. The summed E-state index contributed by atoms with van der Waals surface area (Å²) in [6.45, 7) is 1.86. The van der Waals surface area contributed by atoms with Gasteiger partial charge < -0.3 is 10.0 Å². The van der Waals surface area contributed by atoms with Gasteiger partial charge in [0.15, 0.2) is 0 Å². The summed E-state index contributed by atoms with van der Waals surface area (Å²) in [5.41, 5.74) is -1.14. The topological polar surface area (TPSA) is 57.6 Å². The number of rotatable bonds is 4. The Bertz CT molecular complexity index is 642. The molecule has 0 radical (unpaired) electrons. The van der Waals surface area contributed by atoms with Gasteiger partial charge in [-0.1, -0.05) is 30.5 Å². The third-order valence-corrected chi connectivity index (χ3v) is 6.51. The van der Waals surface area contributed by atoms with E-state index in [1.165, 1.54) is 4.90 Å². The van der Waals surface area contributed by atoms with E-state index < -0.39 is 16.4 Å². The molecule has 6 heteroatoms. The van der Waals surface area contributed by atoms with Gasteiger partial charge in [-0.05, 0) is 31.9 Å². The van der Waals surface area contributed by atoms with Crippen LogP contribution in [0, 0.1) is 6.92 Å². The highest BCUT2D eigenvalue weighted by Crippen LogP contribution is 2.47. The van der Waals surface area contributed by atoms with Crippen molar-refractivity contribution in [2.45, 2.75) is 54.3 Å². The molecule has 1 amide bonds. The first kappa shape index (κ1) is 17.3. The summed E-state index contributed by atoms with van der Waals surface area (Å²) in [6.07, 6.45) is 3.33. The molecular formula is C18H22FNO3S. The van der Waals surface area contributed by atoms with E-state index in [9.17, 15) is 14.0 Å². The second-order valence-corrected chi connectivity index (χ2v) is 8.32. The fraction of sp³-hybridized carbons (Fsp3) is 0.556. The standard InChI is InChI=1S/C18H22FNO3S/c1-13-4-6-14(7-5-13)24-18(8-2-3-9-18)15(21)20-11-10-17(19,12-20)16(22)23/h4-7H,2-3,8-12H2,1H3,(H,22,23). The van der Waals surface area contributed by atoms with Gasteiger partial charge in [0.1, 0.15) is 0 Å². The Hall–Kier alpha value is -1.56. The Balaban J connectivity index is 1.79. The number of hydrogen-bond acceptors (Lipinski definition) is 3. The monoisotopic (exact) mass is 351 g/mol. The molecule has 1 atom stereocenters. The lowest BCUT2D eigenvalue weighted by Gasteiger charge is -2.32. The van der Waals surface area contributed by atoms with Crippen LogP contribution in [0.3, 0.4) is 0 Å². The number of hydrogen-bond donors (Lipinski definition) is 1. The van der Waals surface area contributed by atoms with Crippen LogP contribution in [0.5, 0.6) is 0 Å². The fourth-order valence-corrected chi connectivity index (χ4v) is 4.98. The summed E-state index contributed by atoms with van der Waals surface area (Å²) in [7, 11) is 0. The maximum atomic E-state index is 14.3. The van der Waals surface area contributed by atoms with E-state index >= 15 is 0 Å². The van der Waals surface area contributed by atoms with Crippen molar-refractivity contribution in [3.8, 4) is 0 Å². The minimum Gasteiger partial charge on any atom is -0.479 e. The van der Waals surface area contributed by atoms with Gasteiger partial charge in [0.2, 0.25) is 11.6 Å². The number of thioether (sulfide) groups is 1. The van der Waals surface area contributed by atoms with Crippen molar-refractivity contribution in [1.29, 1.82) is 0 Å². The predicted octanol–water partition coefficient (Wildman–Crippen LogP) is 3.43. The highest BCUT2D eigenvalue weighted by molar-refractivity contribution is 8.01. The van der Waals surface area contributed by atoms with Gasteiger partial charge in [0.25, 0.3) is 0 Å². The lowest BCUT2D eigenvalue weighted by Crippen LogP contribution is -2.46. The van der Waals surface area contributed by atoms with Crippen LogP contribution in [0.4, 0.5) is 4.39 Å². The molecule has 1 saturated heterocycles. The van der Waals surface area contributed by atoms with Crippen LogP contribution >= 0.6 is 11.8 Å². The van der Waals surface area contributed by atoms with E-state index in [1.807, 2.05) is 31.2 Å². The van der Waals surface area contributed by atoms with E-state index in [4.69, 9.17) is 5.11 Å². The molecule has 3 rings (SSSR count). The Labute approximate surface area is 145 Å². The normalized spacial score (nSPS) is 25.8. The highest BCUT2D eigenvalue weighted by Gasteiger charge is 2.52. The van der Waals surface area contributed by atoms with Gasteiger partial charge in [-0.25, -0.2) is 9.18 Å². The van der Waals surface area contributed by atoms with Crippen LogP contribution in [-0.2, 0) is 9.59 Å². The van der Waals surface area contributed by atoms with Crippen molar-refractivity contribution in [3.05, 3.63) is 29.8 Å². The Morgan fingerprint density at radius 2 is 1.79 bits per heavy atom. The van der Waals surface area contributed by atoms with Gasteiger partial charge in [-0.2, -0.15) is 0 Å². The number of carboxylic acids is 1. The third-order valence-electron chi connectivity index (χ3n) is 5.03. The van der Waals surface area contributed by atoms with E-state index in [0.29, 0.717) is 0 Å². The first-order valence-electron chi connectivity index (χ1n) is 8.32. The number of likely N-dealkylation sites (tertiary alicyclic amines) is 1. The second-order valence-electron chi connectivity index (χ2n) is 6.86. The summed E-state index contributed by atoms with van der Waals surface area (Å²) >= 11 is 1.55. The number of nitrogens with zero attached hydrogens (tertiary/aromatic N) is 1. The number of carbonyl (C=O) groups is 2. The quantitative estimate of drug-likeness (QED) is 0.903. The van der Waals surface area contributed by atoms with E-state index in [-0.39, 0.29) is 25.4 Å². The summed E-state index contributed by atoms with van der Waals surface area (Å²) in [6, 6.07) is 8.05. The predicted molar refractivity (Wildman–Crippen MR) is 90.9 cm³/mol. The lowest BCUT2D eigenvalue weighted by atomic mass is 10.0. The number of aryl methyl sites for hydroxylation is 1. The number of carboxylic acid groups (broad SMARTS) is 1. The maximum Gasteiger partial charge on any atom is 0.343 e. The molecule has 130 valence electrons. The first-order valence-corrected chi connectivity index (χ1v) is 9.14. The van der Waals surface area contributed by atoms with Gasteiger partial charge in [-0.3, -0.25) is 4.79 Å². The van der Waals surface area contributed by atoms with Gasteiger partial charge in [-0.15, -0.1) is 11.8 Å². The molecule has 1 aliphatic heterocycles. The fourth-order valence-electron chi connectivity index (χ4n) is 3.55. The van der Waals surface area contributed by atoms with Crippen molar-refractivity contribution in [3.63, 3.8) is 0 Å². The maximum absolute atomic E-state index is 14.3. The molecule has 0 bridgehead atoms. The smallest absolute Gasteiger partial charge is 0.343 e. The van der Waals surface area contributed by atoms with Crippen LogP contribution < -0.4 is 0 Å².